The van der Waals surface area contributed by atoms with E-state index in [0.717, 1.165) is 13.2 Å². The van der Waals surface area contributed by atoms with Gasteiger partial charge < -0.3 is 10.1 Å². The standard InChI is InChI=1S/C18H29NO/c1-4-13-19-17-16(11-8-12-18(17,2)3)20-14-15-9-6-5-7-10-15/h5-7,9-10,16-17,19H,4,8,11-14H2,1-3H3. The normalized spacial score (nSPS) is 25.6. The Kier molecular flexibility index (Phi) is 5.62. The SMILES string of the molecule is CCCNC1C(OCc2ccccc2)CCCC1(C)C. The van der Waals surface area contributed by atoms with Crippen molar-refractivity contribution in [3.05, 3.63) is 35.9 Å². The van der Waals surface area contributed by atoms with Crippen molar-refractivity contribution in [1.29, 1.82) is 0 Å². The van der Waals surface area contributed by atoms with Gasteiger partial charge in [0.25, 0.3) is 0 Å². The number of benzene rings is 1. The Morgan fingerprint density at radius 3 is 2.70 bits per heavy atom. The van der Waals surface area contributed by atoms with E-state index in [9.17, 15) is 0 Å². The number of ether oxygens (including phenoxy) is 1. The summed E-state index contributed by atoms with van der Waals surface area (Å²) in [5, 5.41) is 3.72. The van der Waals surface area contributed by atoms with Gasteiger partial charge in [-0.2, -0.15) is 0 Å². The van der Waals surface area contributed by atoms with Crippen LogP contribution >= 0.6 is 0 Å². The van der Waals surface area contributed by atoms with Crippen molar-refractivity contribution in [2.75, 3.05) is 6.54 Å². The van der Waals surface area contributed by atoms with E-state index in [1.807, 2.05) is 0 Å². The maximum atomic E-state index is 6.25. The van der Waals surface area contributed by atoms with Gasteiger partial charge in [0.2, 0.25) is 0 Å². The van der Waals surface area contributed by atoms with Crippen LogP contribution in [0.5, 0.6) is 0 Å². The molecule has 20 heavy (non-hydrogen) atoms. The van der Waals surface area contributed by atoms with Gasteiger partial charge in [-0.1, -0.05) is 57.5 Å². The van der Waals surface area contributed by atoms with Crippen molar-refractivity contribution in [2.45, 2.75) is 65.2 Å². The molecule has 1 aromatic rings. The molecule has 0 heterocycles. The first-order valence-electron chi connectivity index (χ1n) is 8.02. The number of hydrogen-bond donors (Lipinski definition) is 1. The number of rotatable bonds is 6. The molecule has 2 heteroatoms. The van der Waals surface area contributed by atoms with E-state index in [4.69, 9.17) is 4.74 Å². The molecule has 0 bridgehead atoms. The molecule has 0 amide bonds. The minimum Gasteiger partial charge on any atom is -0.372 e. The van der Waals surface area contributed by atoms with E-state index in [1.54, 1.807) is 0 Å². The molecule has 1 fully saturated rings. The minimum atomic E-state index is 0.328. The van der Waals surface area contributed by atoms with Crippen LogP contribution in [-0.2, 0) is 11.3 Å². The van der Waals surface area contributed by atoms with Gasteiger partial charge in [-0.3, -0.25) is 0 Å². The lowest BCUT2D eigenvalue weighted by atomic mass is 9.71. The molecule has 1 saturated carbocycles. The Morgan fingerprint density at radius 1 is 1.25 bits per heavy atom. The van der Waals surface area contributed by atoms with Crippen LogP contribution in [0.15, 0.2) is 30.3 Å². The Bertz CT molecular complexity index is 388. The van der Waals surface area contributed by atoms with E-state index in [2.05, 4.69) is 56.4 Å². The summed E-state index contributed by atoms with van der Waals surface area (Å²) in [4.78, 5) is 0. The summed E-state index contributed by atoms with van der Waals surface area (Å²) in [5.74, 6) is 0. The molecule has 1 N–H and O–H groups in total. The fraction of sp³-hybridized carbons (Fsp3) is 0.667. The largest absolute Gasteiger partial charge is 0.372 e. The second-order valence-electron chi connectivity index (χ2n) is 6.65. The van der Waals surface area contributed by atoms with Crippen LogP contribution in [0.4, 0.5) is 0 Å². The Hall–Kier alpha value is -0.860. The molecular formula is C18H29NO. The van der Waals surface area contributed by atoms with Crippen LogP contribution in [0, 0.1) is 5.41 Å². The average Bonchev–Trinajstić information content (AvgIpc) is 2.44. The zero-order chi connectivity index (χ0) is 14.4. The van der Waals surface area contributed by atoms with Crippen LogP contribution in [0.25, 0.3) is 0 Å². The zero-order valence-electron chi connectivity index (χ0n) is 13.2. The van der Waals surface area contributed by atoms with E-state index >= 15 is 0 Å². The van der Waals surface area contributed by atoms with Crippen molar-refractivity contribution in [2.24, 2.45) is 5.41 Å². The third-order valence-electron chi connectivity index (χ3n) is 4.44. The van der Waals surface area contributed by atoms with Gasteiger partial charge >= 0.3 is 0 Å². The molecule has 112 valence electrons. The summed E-state index contributed by atoms with van der Waals surface area (Å²) in [6, 6.07) is 11.0. The summed E-state index contributed by atoms with van der Waals surface area (Å²) in [6.45, 7) is 8.78. The molecular weight excluding hydrogens is 246 g/mol. The first-order chi connectivity index (χ1) is 9.63. The Balaban J connectivity index is 1.96. The van der Waals surface area contributed by atoms with Crippen molar-refractivity contribution in [3.8, 4) is 0 Å². The van der Waals surface area contributed by atoms with E-state index in [1.165, 1.54) is 31.2 Å². The highest BCUT2D eigenvalue weighted by atomic mass is 16.5. The van der Waals surface area contributed by atoms with Gasteiger partial charge in [-0.05, 0) is 36.8 Å². The second kappa shape index (κ2) is 7.24. The fourth-order valence-corrected chi connectivity index (χ4v) is 3.25. The number of hydrogen-bond acceptors (Lipinski definition) is 2. The van der Waals surface area contributed by atoms with E-state index < -0.39 is 0 Å². The zero-order valence-corrected chi connectivity index (χ0v) is 13.2. The van der Waals surface area contributed by atoms with Crippen molar-refractivity contribution in [1.82, 2.24) is 5.32 Å². The monoisotopic (exact) mass is 275 g/mol. The molecule has 0 aliphatic heterocycles. The summed E-state index contributed by atoms with van der Waals surface area (Å²) < 4.78 is 6.25. The highest BCUT2D eigenvalue weighted by molar-refractivity contribution is 5.13. The van der Waals surface area contributed by atoms with Crippen LogP contribution in [0.1, 0.15) is 52.0 Å². The van der Waals surface area contributed by atoms with Gasteiger partial charge in [0.1, 0.15) is 0 Å². The second-order valence-corrected chi connectivity index (χ2v) is 6.65. The number of nitrogens with one attached hydrogen (secondary N) is 1. The average molecular weight is 275 g/mol. The minimum absolute atomic E-state index is 0.328. The van der Waals surface area contributed by atoms with Gasteiger partial charge in [-0.25, -0.2) is 0 Å². The molecule has 2 nitrogen and oxygen atoms in total. The predicted molar refractivity (Wildman–Crippen MR) is 84.7 cm³/mol. The molecule has 0 aromatic heterocycles. The lowest BCUT2D eigenvalue weighted by Crippen LogP contribution is -2.53. The van der Waals surface area contributed by atoms with E-state index in [-0.39, 0.29) is 0 Å². The van der Waals surface area contributed by atoms with Gasteiger partial charge in [0, 0.05) is 6.04 Å². The lowest BCUT2D eigenvalue weighted by Gasteiger charge is -2.44. The van der Waals surface area contributed by atoms with Crippen molar-refractivity contribution < 1.29 is 4.74 Å². The van der Waals surface area contributed by atoms with Gasteiger partial charge in [-0.15, -0.1) is 0 Å². The first-order valence-corrected chi connectivity index (χ1v) is 8.02. The molecule has 1 aliphatic rings. The summed E-state index contributed by atoms with van der Waals surface area (Å²) in [5.41, 5.74) is 1.60. The third kappa shape index (κ3) is 4.07. The van der Waals surface area contributed by atoms with Crippen LogP contribution in [0.2, 0.25) is 0 Å². The molecule has 1 aliphatic carbocycles. The first kappa shape index (κ1) is 15.5. The lowest BCUT2D eigenvalue weighted by molar-refractivity contribution is -0.0454. The molecule has 0 radical (unpaired) electrons. The van der Waals surface area contributed by atoms with Crippen LogP contribution in [0.3, 0.4) is 0 Å². The third-order valence-corrected chi connectivity index (χ3v) is 4.44. The highest BCUT2D eigenvalue weighted by Gasteiger charge is 2.39. The Morgan fingerprint density at radius 2 is 2.00 bits per heavy atom. The molecule has 0 spiro atoms. The predicted octanol–water partition coefficient (Wildman–Crippen LogP) is 4.15. The summed E-state index contributed by atoms with van der Waals surface area (Å²) in [6.07, 6.45) is 5.26. The van der Waals surface area contributed by atoms with Gasteiger partial charge in [0.15, 0.2) is 0 Å². The highest BCUT2D eigenvalue weighted by Crippen LogP contribution is 2.37. The maximum Gasteiger partial charge on any atom is 0.0737 e. The molecule has 2 unspecified atom stereocenters. The Labute approximate surface area is 123 Å². The fourth-order valence-electron chi connectivity index (χ4n) is 3.25. The van der Waals surface area contributed by atoms with Crippen LogP contribution < -0.4 is 5.32 Å². The maximum absolute atomic E-state index is 6.25. The quantitative estimate of drug-likeness (QED) is 0.842. The van der Waals surface area contributed by atoms with E-state index in [0.29, 0.717) is 17.6 Å². The van der Waals surface area contributed by atoms with Crippen molar-refractivity contribution in [3.63, 3.8) is 0 Å². The topological polar surface area (TPSA) is 21.3 Å². The molecule has 1 aromatic carbocycles. The summed E-state index contributed by atoms with van der Waals surface area (Å²) in [7, 11) is 0. The van der Waals surface area contributed by atoms with Crippen molar-refractivity contribution >= 4 is 0 Å². The smallest absolute Gasteiger partial charge is 0.0737 e. The van der Waals surface area contributed by atoms with Gasteiger partial charge in [0.05, 0.1) is 12.7 Å². The summed E-state index contributed by atoms with van der Waals surface area (Å²) >= 11 is 0. The van der Waals surface area contributed by atoms with Crippen LogP contribution in [-0.4, -0.2) is 18.7 Å². The molecule has 0 saturated heterocycles. The molecule has 2 atom stereocenters. The molecule has 2 rings (SSSR count).